The van der Waals surface area contributed by atoms with Crippen molar-refractivity contribution in [3.05, 3.63) is 41.0 Å². The summed E-state index contributed by atoms with van der Waals surface area (Å²) >= 11 is 1.31. The van der Waals surface area contributed by atoms with Gasteiger partial charge in [-0.15, -0.1) is 11.3 Å². The van der Waals surface area contributed by atoms with Gasteiger partial charge in [-0.2, -0.15) is 0 Å². The molecular weight excluding hydrogens is 234 g/mol. The molecular formula is C13H13NO2S. The van der Waals surface area contributed by atoms with E-state index in [1.165, 1.54) is 16.9 Å². The molecule has 0 unspecified atom stereocenters. The number of nitrogens with two attached hydrogens (primary N) is 1. The number of benzene rings is 1. The first-order valence-electron chi connectivity index (χ1n) is 5.19. The highest BCUT2D eigenvalue weighted by atomic mass is 32.1. The molecule has 3 N–H and O–H groups in total. The molecule has 17 heavy (non-hydrogen) atoms. The molecule has 0 amide bonds. The Morgan fingerprint density at radius 2 is 2.00 bits per heavy atom. The van der Waals surface area contributed by atoms with Crippen molar-refractivity contribution in [1.29, 1.82) is 0 Å². The standard InChI is InChI=1S/C13H13NO2S/c1-7-3-4-9(8(2)5-7)11-6-10(13(15)16)12(14)17-11/h3-6H,14H2,1-2H3,(H,15,16). The third-order valence-corrected chi connectivity index (χ3v) is 3.64. The first-order valence-corrected chi connectivity index (χ1v) is 6.01. The van der Waals surface area contributed by atoms with Crippen molar-refractivity contribution >= 4 is 22.3 Å². The van der Waals surface area contributed by atoms with Gasteiger partial charge in [-0.1, -0.05) is 23.8 Å². The number of hydrogen-bond acceptors (Lipinski definition) is 3. The second-order valence-electron chi connectivity index (χ2n) is 4.01. The van der Waals surface area contributed by atoms with E-state index >= 15 is 0 Å². The lowest BCUT2D eigenvalue weighted by molar-refractivity contribution is 0.0698. The SMILES string of the molecule is Cc1ccc(-c2cc(C(=O)O)c(N)s2)c(C)c1. The topological polar surface area (TPSA) is 63.3 Å². The summed E-state index contributed by atoms with van der Waals surface area (Å²) in [4.78, 5) is 11.8. The van der Waals surface area contributed by atoms with Crippen molar-refractivity contribution in [3.63, 3.8) is 0 Å². The number of anilines is 1. The Kier molecular flexibility index (Phi) is 2.90. The predicted octanol–water partition coefficient (Wildman–Crippen LogP) is 3.31. The molecule has 0 aliphatic carbocycles. The number of rotatable bonds is 2. The molecule has 0 saturated carbocycles. The zero-order valence-electron chi connectivity index (χ0n) is 9.65. The summed E-state index contributed by atoms with van der Waals surface area (Å²) in [6.07, 6.45) is 0. The van der Waals surface area contributed by atoms with Crippen molar-refractivity contribution in [2.45, 2.75) is 13.8 Å². The van der Waals surface area contributed by atoms with Gasteiger partial charge >= 0.3 is 5.97 Å². The summed E-state index contributed by atoms with van der Waals surface area (Å²) in [5.74, 6) is -0.977. The summed E-state index contributed by atoms with van der Waals surface area (Å²) in [7, 11) is 0. The summed E-state index contributed by atoms with van der Waals surface area (Å²) < 4.78 is 0. The van der Waals surface area contributed by atoms with Gasteiger partial charge in [0.15, 0.2) is 0 Å². The van der Waals surface area contributed by atoms with Crippen molar-refractivity contribution in [2.24, 2.45) is 0 Å². The Hall–Kier alpha value is -1.81. The normalized spacial score (nSPS) is 10.5. The number of aromatic carboxylic acids is 1. The number of carboxylic acid groups (broad SMARTS) is 1. The van der Waals surface area contributed by atoms with Crippen molar-refractivity contribution in [2.75, 3.05) is 5.73 Å². The van der Waals surface area contributed by atoms with Gasteiger partial charge in [-0.25, -0.2) is 4.79 Å². The van der Waals surface area contributed by atoms with E-state index in [-0.39, 0.29) is 5.56 Å². The summed E-state index contributed by atoms with van der Waals surface area (Å²) in [5.41, 5.74) is 9.24. The number of aryl methyl sites for hydroxylation is 2. The van der Waals surface area contributed by atoms with Crippen LogP contribution in [-0.4, -0.2) is 11.1 Å². The Morgan fingerprint density at radius 3 is 2.53 bits per heavy atom. The molecule has 0 aliphatic rings. The van der Waals surface area contributed by atoms with Gasteiger partial charge in [0.05, 0.1) is 5.56 Å². The Bertz CT molecular complexity index is 587. The lowest BCUT2D eigenvalue weighted by atomic mass is 10.0. The zero-order chi connectivity index (χ0) is 12.6. The second-order valence-corrected chi connectivity index (χ2v) is 5.10. The van der Waals surface area contributed by atoms with Crippen molar-refractivity contribution < 1.29 is 9.90 Å². The minimum absolute atomic E-state index is 0.185. The van der Waals surface area contributed by atoms with E-state index in [2.05, 4.69) is 6.07 Å². The van der Waals surface area contributed by atoms with E-state index in [9.17, 15) is 4.79 Å². The average molecular weight is 247 g/mol. The third kappa shape index (κ3) is 2.17. The molecule has 88 valence electrons. The minimum Gasteiger partial charge on any atom is -0.478 e. The number of carbonyl (C=O) groups is 1. The van der Waals surface area contributed by atoms with Crippen LogP contribution in [0.4, 0.5) is 5.00 Å². The van der Waals surface area contributed by atoms with Gasteiger partial charge < -0.3 is 10.8 Å². The fourth-order valence-electron chi connectivity index (χ4n) is 1.80. The summed E-state index contributed by atoms with van der Waals surface area (Å²) in [6.45, 7) is 4.04. The third-order valence-electron chi connectivity index (χ3n) is 2.64. The maximum absolute atomic E-state index is 10.9. The van der Waals surface area contributed by atoms with E-state index in [0.717, 1.165) is 16.0 Å². The van der Waals surface area contributed by atoms with Crippen LogP contribution >= 0.6 is 11.3 Å². The van der Waals surface area contributed by atoms with Crippen LogP contribution in [0.1, 0.15) is 21.5 Å². The largest absolute Gasteiger partial charge is 0.478 e. The van der Waals surface area contributed by atoms with Gasteiger partial charge in [0.25, 0.3) is 0 Å². The van der Waals surface area contributed by atoms with Crippen LogP contribution in [0.2, 0.25) is 0 Å². The van der Waals surface area contributed by atoms with Crippen LogP contribution in [0, 0.1) is 13.8 Å². The van der Waals surface area contributed by atoms with E-state index in [1.54, 1.807) is 6.07 Å². The molecule has 0 saturated heterocycles. The molecule has 0 radical (unpaired) electrons. The molecule has 0 bridgehead atoms. The van der Waals surface area contributed by atoms with Crippen LogP contribution in [0.5, 0.6) is 0 Å². The van der Waals surface area contributed by atoms with E-state index in [4.69, 9.17) is 10.8 Å². The molecule has 0 spiro atoms. The van der Waals surface area contributed by atoms with Crippen LogP contribution in [0.3, 0.4) is 0 Å². The molecule has 4 heteroatoms. The number of carboxylic acids is 1. The molecule has 0 atom stereocenters. The predicted molar refractivity (Wildman–Crippen MR) is 70.6 cm³/mol. The van der Waals surface area contributed by atoms with Gasteiger partial charge in [0, 0.05) is 4.88 Å². The second kappa shape index (κ2) is 4.22. The zero-order valence-corrected chi connectivity index (χ0v) is 10.5. The maximum atomic E-state index is 10.9. The monoisotopic (exact) mass is 247 g/mol. The number of nitrogen functional groups attached to an aromatic ring is 1. The molecule has 1 aromatic carbocycles. The number of thiophene rings is 1. The Labute approximate surface area is 104 Å². The van der Waals surface area contributed by atoms with Crippen LogP contribution in [0.15, 0.2) is 24.3 Å². The fourth-order valence-corrected chi connectivity index (χ4v) is 2.80. The van der Waals surface area contributed by atoms with E-state index in [1.807, 2.05) is 26.0 Å². The average Bonchev–Trinajstić information content (AvgIpc) is 2.60. The molecule has 0 fully saturated rings. The fraction of sp³-hybridized carbons (Fsp3) is 0.154. The Morgan fingerprint density at radius 1 is 1.29 bits per heavy atom. The quantitative estimate of drug-likeness (QED) is 0.855. The van der Waals surface area contributed by atoms with Crippen LogP contribution in [-0.2, 0) is 0 Å². The molecule has 3 nitrogen and oxygen atoms in total. The van der Waals surface area contributed by atoms with Crippen molar-refractivity contribution in [1.82, 2.24) is 0 Å². The molecule has 1 aromatic heterocycles. The van der Waals surface area contributed by atoms with Crippen LogP contribution < -0.4 is 5.73 Å². The van der Waals surface area contributed by atoms with Crippen molar-refractivity contribution in [3.8, 4) is 10.4 Å². The highest BCUT2D eigenvalue weighted by molar-refractivity contribution is 7.19. The van der Waals surface area contributed by atoms with Gasteiger partial charge in [0.2, 0.25) is 0 Å². The molecule has 2 aromatic rings. The first kappa shape index (κ1) is 11.7. The maximum Gasteiger partial charge on any atom is 0.338 e. The number of hydrogen-bond donors (Lipinski definition) is 2. The highest BCUT2D eigenvalue weighted by Gasteiger charge is 2.14. The highest BCUT2D eigenvalue weighted by Crippen LogP contribution is 2.35. The van der Waals surface area contributed by atoms with Gasteiger partial charge in [0.1, 0.15) is 5.00 Å². The van der Waals surface area contributed by atoms with Gasteiger partial charge in [-0.05, 0) is 31.0 Å². The minimum atomic E-state index is -0.977. The van der Waals surface area contributed by atoms with Crippen LogP contribution in [0.25, 0.3) is 10.4 Å². The molecule has 0 aliphatic heterocycles. The summed E-state index contributed by atoms with van der Waals surface area (Å²) in [5, 5.41) is 9.32. The van der Waals surface area contributed by atoms with E-state index in [0.29, 0.717) is 5.00 Å². The summed E-state index contributed by atoms with van der Waals surface area (Å²) in [6, 6.07) is 7.73. The molecule has 2 rings (SSSR count). The Balaban J connectivity index is 2.53. The lowest BCUT2D eigenvalue weighted by Gasteiger charge is -2.03. The van der Waals surface area contributed by atoms with E-state index < -0.39 is 5.97 Å². The molecule has 1 heterocycles. The first-order chi connectivity index (χ1) is 7.99. The smallest absolute Gasteiger partial charge is 0.338 e. The lowest BCUT2D eigenvalue weighted by Crippen LogP contribution is -1.97. The van der Waals surface area contributed by atoms with Gasteiger partial charge in [-0.3, -0.25) is 0 Å².